The van der Waals surface area contributed by atoms with Crippen LogP contribution in [0.2, 0.25) is 0 Å². The molecule has 0 unspecified atom stereocenters. The number of rotatable bonds is 6. The van der Waals surface area contributed by atoms with Crippen molar-refractivity contribution < 1.29 is 8.42 Å². The Kier molecular flexibility index (Phi) is 5.31. The van der Waals surface area contributed by atoms with E-state index in [0.717, 1.165) is 5.56 Å². The Labute approximate surface area is 153 Å². The molecule has 1 aromatic heterocycles. The van der Waals surface area contributed by atoms with E-state index in [9.17, 15) is 13.2 Å². The van der Waals surface area contributed by atoms with E-state index >= 15 is 0 Å². The maximum atomic E-state index is 12.4. The van der Waals surface area contributed by atoms with Gasteiger partial charge in [0.1, 0.15) is 0 Å². The van der Waals surface area contributed by atoms with E-state index in [0.29, 0.717) is 43.5 Å². The Hall–Kier alpha value is -2.35. The van der Waals surface area contributed by atoms with Crippen LogP contribution >= 0.6 is 0 Å². The Morgan fingerprint density at radius 3 is 2.81 bits per heavy atom. The predicted octanol–water partition coefficient (Wildman–Crippen LogP) is 2.05. The molecule has 1 saturated heterocycles. The van der Waals surface area contributed by atoms with E-state index in [1.165, 1.54) is 4.31 Å². The van der Waals surface area contributed by atoms with Crippen LogP contribution in [0.15, 0.2) is 41.5 Å². The molecule has 8 heteroatoms. The summed E-state index contributed by atoms with van der Waals surface area (Å²) in [5, 5.41) is 3.07. The normalized spacial score (nSPS) is 16.2. The van der Waals surface area contributed by atoms with Crippen LogP contribution in [0.4, 0.5) is 11.5 Å². The summed E-state index contributed by atoms with van der Waals surface area (Å²) in [4.78, 5) is 16.6. The van der Waals surface area contributed by atoms with Gasteiger partial charge in [0.15, 0.2) is 5.82 Å². The first-order chi connectivity index (χ1) is 12.4. The van der Waals surface area contributed by atoms with E-state index < -0.39 is 10.0 Å². The van der Waals surface area contributed by atoms with Crippen molar-refractivity contribution in [2.24, 2.45) is 5.92 Å². The lowest BCUT2D eigenvalue weighted by Crippen LogP contribution is -2.26. The first-order valence-electron chi connectivity index (χ1n) is 8.75. The molecule has 2 heterocycles. The summed E-state index contributed by atoms with van der Waals surface area (Å²) in [6.45, 7) is 5.66. The summed E-state index contributed by atoms with van der Waals surface area (Å²) < 4.78 is 27.3. The maximum absolute atomic E-state index is 12.4. The molecule has 1 N–H and O–H groups in total. The first kappa shape index (κ1) is 18.4. The molecule has 3 rings (SSSR count). The SMILES string of the molecule is CC(C)Cn1ccnc(NCc2cccc(N3CCCS3(=O)=O)c2)c1=O. The molecule has 1 aliphatic heterocycles. The van der Waals surface area contributed by atoms with Gasteiger partial charge in [-0.3, -0.25) is 9.10 Å². The summed E-state index contributed by atoms with van der Waals surface area (Å²) in [5.41, 5.74) is 1.41. The van der Waals surface area contributed by atoms with Crippen molar-refractivity contribution >= 4 is 21.5 Å². The van der Waals surface area contributed by atoms with Crippen LogP contribution in [0.1, 0.15) is 25.8 Å². The van der Waals surface area contributed by atoms with Crippen LogP contribution in [0, 0.1) is 5.92 Å². The van der Waals surface area contributed by atoms with Gasteiger partial charge < -0.3 is 9.88 Å². The van der Waals surface area contributed by atoms with Crippen molar-refractivity contribution in [2.75, 3.05) is 21.9 Å². The molecule has 0 bridgehead atoms. The minimum absolute atomic E-state index is 0.153. The quantitative estimate of drug-likeness (QED) is 0.834. The van der Waals surface area contributed by atoms with Crippen molar-refractivity contribution in [3.05, 3.63) is 52.6 Å². The fraction of sp³-hybridized carbons (Fsp3) is 0.444. The van der Waals surface area contributed by atoms with Crippen LogP contribution in [-0.4, -0.2) is 30.3 Å². The minimum Gasteiger partial charge on any atom is -0.361 e. The van der Waals surface area contributed by atoms with Gasteiger partial charge in [0.25, 0.3) is 5.56 Å². The summed E-state index contributed by atoms with van der Waals surface area (Å²) in [6.07, 6.45) is 3.94. The second-order valence-corrected chi connectivity index (χ2v) is 8.91. The van der Waals surface area contributed by atoms with E-state index in [1.807, 2.05) is 18.2 Å². The number of anilines is 2. The van der Waals surface area contributed by atoms with Gasteiger partial charge >= 0.3 is 0 Å². The third kappa shape index (κ3) is 4.07. The zero-order valence-electron chi connectivity index (χ0n) is 15.1. The molecule has 0 aliphatic carbocycles. The molecule has 1 aromatic carbocycles. The lowest BCUT2D eigenvalue weighted by Gasteiger charge is -2.18. The monoisotopic (exact) mass is 376 g/mol. The molecular weight excluding hydrogens is 352 g/mol. The highest BCUT2D eigenvalue weighted by atomic mass is 32.2. The largest absolute Gasteiger partial charge is 0.361 e. The highest BCUT2D eigenvalue weighted by molar-refractivity contribution is 7.93. The van der Waals surface area contributed by atoms with Gasteiger partial charge in [-0.1, -0.05) is 26.0 Å². The van der Waals surface area contributed by atoms with Crippen molar-refractivity contribution in [3.8, 4) is 0 Å². The third-order valence-corrected chi connectivity index (χ3v) is 6.10. The van der Waals surface area contributed by atoms with Gasteiger partial charge in [-0.05, 0) is 30.0 Å². The minimum atomic E-state index is -3.20. The number of nitrogens with one attached hydrogen (secondary N) is 1. The zero-order valence-corrected chi connectivity index (χ0v) is 15.9. The molecule has 7 nitrogen and oxygen atoms in total. The zero-order chi connectivity index (χ0) is 18.7. The molecule has 0 saturated carbocycles. The Balaban J connectivity index is 1.75. The molecule has 140 valence electrons. The summed E-state index contributed by atoms with van der Waals surface area (Å²) in [5.74, 6) is 0.855. The number of sulfonamides is 1. The molecule has 0 amide bonds. The first-order valence-corrected chi connectivity index (χ1v) is 10.4. The molecular formula is C18H24N4O3S. The van der Waals surface area contributed by atoms with Gasteiger partial charge in [0.2, 0.25) is 10.0 Å². The van der Waals surface area contributed by atoms with Crippen molar-refractivity contribution in [1.82, 2.24) is 9.55 Å². The van der Waals surface area contributed by atoms with Crippen LogP contribution in [0.3, 0.4) is 0 Å². The van der Waals surface area contributed by atoms with Gasteiger partial charge in [0, 0.05) is 32.0 Å². The number of hydrogen-bond donors (Lipinski definition) is 1. The summed E-state index contributed by atoms with van der Waals surface area (Å²) in [7, 11) is -3.20. The number of nitrogens with zero attached hydrogens (tertiary/aromatic N) is 3. The lowest BCUT2D eigenvalue weighted by molar-refractivity contribution is 0.509. The Bertz CT molecular complexity index is 937. The smallest absolute Gasteiger partial charge is 0.293 e. The fourth-order valence-electron chi connectivity index (χ4n) is 3.04. The molecule has 1 aliphatic rings. The fourth-order valence-corrected chi connectivity index (χ4v) is 4.60. The number of aromatic nitrogens is 2. The molecule has 2 aromatic rings. The highest BCUT2D eigenvalue weighted by Gasteiger charge is 2.28. The second-order valence-electron chi connectivity index (χ2n) is 6.89. The molecule has 26 heavy (non-hydrogen) atoms. The molecule has 0 spiro atoms. The van der Waals surface area contributed by atoms with E-state index in [-0.39, 0.29) is 11.3 Å². The van der Waals surface area contributed by atoms with E-state index in [2.05, 4.69) is 24.1 Å². The van der Waals surface area contributed by atoms with Gasteiger partial charge in [-0.25, -0.2) is 13.4 Å². The van der Waals surface area contributed by atoms with Gasteiger partial charge in [-0.2, -0.15) is 0 Å². The van der Waals surface area contributed by atoms with Crippen LogP contribution in [-0.2, 0) is 23.1 Å². The van der Waals surface area contributed by atoms with Crippen molar-refractivity contribution in [1.29, 1.82) is 0 Å². The van der Waals surface area contributed by atoms with Crippen molar-refractivity contribution in [3.63, 3.8) is 0 Å². The van der Waals surface area contributed by atoms with Crippen LogP contribution in [0.25, 0.3) is 0 Å². The van der Waals surface area contributed by atoms with Gasteiger partial charge in [0.05, 0.1) is 11.4 Å². The lowest BCUT2D eigenvalue weighted by atomic mass is 10.2. The summed E-state index contributed by atoms with van der Waals surface area (Å²) >= 11 is 0. The predicted molar refractivity (Wildman–Crippen MR) is 103 cm³/mol. The van der Waals surface area contributed by atoms with Crippen LogP contribution in [0.5, 0.6) is 0 Å². The average Bonchev–Trinajstić information content (AvgIpc) is 2.95. The third-order valence-electron chi connectivity index (χ3n) is 4.23. The molecule has 1 fully saturated rings. The Morgan fingerprint density at radius 1 is 1.31 bits per heavy atom. The van der Waals surface area contributed by atoms with E-state index in [4.69, 9.17) is 0 Å². The number of hydrogen-bond acceptors (Lipinski definition) is 5. The standard InChI is InChI=1S/C18H24N4O3S/c1-14(2)13-21-9-7-19-17(18(21)23)20-12-15-5-3-6-16(11-15)22-8-4-10-26(22,24)25/h3,5-7,9,11,14H,4,8,10,12-13H2,1-2H3,(H,19,20). The highest BCUT2D eigenvalue weighted by Crippen LogP contribution is 2.24. The van der Waals surface area contributed by atoms with E-state index in [1.54, 1.807) is 23.0 Å². The number of benzene rings is 1. The average molecular weight is 376 g/mol. The maximum Gasteiger partial charge on any atom is 0.293 e. The molecule has 0 radical (unpaired) electrons. The summed E-state index contributed by atoms with van der Waals surface area (Å²) in [6, 6.07) is 7.36. The van der Waals surface area contributed by atoms with Crippen LogP contribution < -0.4 is 15.2 Å². The Morgan fingerprint density at radius 2 is 2.12 bits per heavy atom. The molecule has 0 atom stereocenters. The van der Waals surface area contributed by atoms with Gasteiger partial charge in [-0.15, -0.1) is 0 Å². The van der Waals surface area contributed by atoms with Crippen molar-refractivity contribution in [2.45, 2.75) is 33.4 Å². The second kappa shape index (κ2) is 7.49. The topological polar surface area (TPSA) is 84.3 Å².